The first-order valence-electron chi connectivity index (χ1n) is 8.17. The number of hydrogen-bond donors (Lipinski definition) is 2. The molecular weight excluding hydrogens is 425 g/mol. The van der Waals surface area contributed by atoms with Gasteiger partial charge in [-0.15, -0.1) is 0 Å². The van der Waals surface area contributed by atoms with Gasteiger partial charge in [-0.3, -0.25) is 14.3 Å². The first kappa shape index (κ1) is 20.4. The predicted molar refractivity (Wildman–Crippen MR) is 108 cm³/mol. The van der Waals surface area contributed by atoms with E-state index in [2.05, 4.69) is 4.72 Å². The summed E-state index contributed by atoms with van der Waals surface area (Å²) >= 11 is 11.9. The molecule has 0 saturated carbocycles. The van der Waals surface area contributed by atoms with E-state index >= 15 is 0 Å². The van der Waals surface area contributed by atoms with Crippen LogP contribution in [0.3, 0.4) is 0 Å². The molecule has 0 fully saturated rings. The van der Waals surface area contributed by atoms with Gasteiger partial charge in [-0.1, -0.05) is 35.3 Å². The summed E-state index contributed by atoms with van der Waals surface area (Å²) in [5.41, 5.74) is 5.69. The number of primary amides is 1. The van der Waals surface area contributed by atoms with Gasteiger partial charge >= 0.3 is 0 Å². The number of fused-ring (bicyclic) bond motifs is 1. The smallest absolute Gasteiger partial charge is 0.263 e. The number of benzene rings is 2. The summed E-state index contributed by atoms with van der Waals surface area (Å²) in [5.74, 6) is -0.965. The SMILES string of the molecule is CC1(C)C(=O)N(CC(N)=O)c2cc(NS(=O)(=O)c3cccc(Cl)c3Cl)ccc21. The van der Waals surface area contributed by atoms with Crippen LogP contribution in [0.15, 0.2) is 41.3 Å². The number of carbonyl (C=O) groups excluding carboxylic acids is 2. The number of rotatable bonds is 5. The molecule has 0 aromatic heterocycles. The van der Waals surface area contributed by atoms with Crippen molar-refractivity contribution in [1.29, 1.82) is 0 Å². The van der Waals surface area contributed by atoms with Crippen LogP contribution in [0.1, 0.15) is 19.4 Å². The molecule has 0 unspecified atom stereocenters. The van der Waals surface area contributed by atoms with E-state index in [0.29, 0.717) is 11.3 Å². The van der Waals surface area contributed by atoms with Crippen molar-refractivity contribution >= 4 is 56.4 Å². The number of hydrogen-bond acceptors (Lipinski definition) is 4. The first-order chi connectivity index (χ1) is 12.9. The highest BCUT2D eigenvalue weighted by Crippen LogP contribution is 2.43. The molecule has 0 radical (unpaired) electrons. The van der Waals surface area contributed by atoms with E-state index in [1.165, 1.54) is 35.2 Å². The Morgan fingerprint density at radius 1 is 1.21 bits per heavy atom. The van der Waals surface area contributed by atoms with Crippen molar-refractivity contribution in [2.24, 2.45) is 5.73 Å². The Morgan fingerprint density at radius 3 is 2.54 bits per heavy atom. The van der Waals surface area contributed by atoms with Crippen LogP contribution in [-0.2, 0) is 25.0 Å². The average molecular weight is 442 g/mol. The van der Waals surface area contributed by atoms with Gasteiger partial charge < -0.3 is 10.6 Å². The molecule has 0 aliphatic carbocycles. The predicted octanol–water partition coefficient (Wildman–Crippen LogP) is 2.90. The van der Waals surface area contributed by atoms with E-state index < -0.39 is 21.3 Å². The maximum atomic E-state index is 12.7. The minimum Gasteiger partial charge on any atom is -0.368 e. The van der Waals surface area contributed by atoms with Crippen LogP contribution in [0, 0.1) is 0 Å². The first-order valence-corrected chi connectivity index (χ1v) is 10.4. The van der Waals surface area contributed by atoms with Crippen LogP contribution in [0.2, 0.25) is 10.0 Å². The molecule has 148 valence electrons. The number of halogens is 2. The standard InChI is InChI=1S/C18H17Cl2N3O4S/c1-18(2)11-7-6-10(8-13(11)23(17(18)25)9-15(21)24)22-28(26,27)14-5-3-4-12(19)16(14)20/h3-8,22H,9H2,1-2H3,(H2,21,24). The number of nitrogens with zero attached hydrogens (tertiary/aromatic N) is 1. The summed E-state index contributed by atoms with van der Waals surface area (Å²) < 4.78 is 27.9. The van der Waals surface area contributed by atoms with Crippen molar-refractivity contribution in [3.63, 3.8) is 0 Å². The van der Waals surface area contributed by atoms with E-state index in [-0.39, 0.29) is 33.1 Å². The topological polar surface area (TPSA) is 110 Å². The molecule has 1 heterocycles. The van der Waals surface area contributed by atoms with Gasteiger partial charge in [0.05, 0.1) is 26.8 Å². The second-order valence-electron chi connectivity index (χ2n) is 6.87. The summed E-state index contributed by atoms with van der Waals surface area (Å²) in [6.07, 6.45) is 0. The Labute approximate surface area is 172 Å². The molecule has 0 atom stereocenters. The Morgan fingerprint density at radius 2 is 1.89 bits per heavy atom. The van der Waals surface area contributed by atoms with Crippen molar-refractivity contribution in [2.45, 2.75) is 24.2 Å². The third-order valence-corrected chi connectivity index (χ3v) is 6.87. The van der Waals surface area contributed by atoms with Crippen molar-refractivity contribution < 1.29 is 18.0 Å². The maximum Gasteiger partial charge on any atom is 0.263 e. The Hall–Kier alpha value is -2.29. The molecule has 10 heteroatoms. The summed E-state index contributed by atoms with van der Waals surface area (Å²) in [6, 6.07) is 8.95. The van der Waals surface area contributed by atoms with Crippen molar-refractivity contribution in [3.05, 3.63) is 52.0 Å². The summed E-state index contributed by atoms with van der Waals surface area (Å²) in [5, 5.41) is 0.0166. The Balaban J connectivity index is 2.02. The molecule has 3 N–H and O–H groups in total. The maximum absolute atomic E-state index is 12.7. The molecular formula is C18H17Cl2N3O4S. The lowest BCUT2D eigenvalue weighted by Crippen LogP contribution is -2.41. The number of carbonyl (C=O) groups is 2. The highest BCUT2D eigenvalue weighted by Gasteiger charge is 2.44. The largest absolute Gasteiger partial charge is 0.368 e. The molecule has 0 saturated heterocycles. The second-order valence-corrected chi connectivity index (χ2v) is 9.31. The number of sulfonamides is 1. The van der Waals surface area contributed by atoms with Crippen molar-refractivity contribution in [3.8, 4) is 0 Å². The highest BCUT2D eigenvalue weighted by molar-refractivity contribution is 7.92. The van der Waals surface area contributed by atoms with Gasteiger partial charge in [-0.05, 0) is 43.7 Å². The average Bonchev–Trinajstić information content (AvgIpc) is 2.77. The third-order valence-electron chi connectivity index (χ3n) is 4.51. The zero-order valence-electron chi connectivity index (χ0n) is 15.0. The van der Waals surface area contributed by atoms with Crippen molar-refractivity contribution in [1.82, 2.24) is 0 Å². The number of anilines is 2. The second kappa shape index (κ2) is 6.95. The van der Waals surface area contributed by atoms with Gasteiger partial charge in [0.1, 0.15) is 11.4 Å². The fraction of sp³-hybridized carbons (Fsp3) is 0.222. The molecule has 1 aliphatic heterocycles. The van der Waals surface area contributed by atoms with Gasteiger partial charge in [-0.2, -0.15) is 0 Å². The monoisotopic (exact) mass is 441 g/mol. The van der Waals surface area contributed by atoms with E-state index in [1.54, 1.807) is 19.9 Å². The van der Waals surface area contributed by atoms with Crippen LogP contribution in [-0.4, -0.2) is 26.8 Å². The van der Waals surface area contributed by atoms with Crippen LogP contribution < -0.4 is 15.4 Å². The fourth-order valence-corrected chi connectivity index (χ4v) is 4.94. The zero-order valence-corrected chi connectivity index (χ0v) is 17.3. The van der Waals surface area contributed by atoms with Crippen molar-refractivity contribution in [2.75, 3.05) is 16.2 Å². The Bertz CT molecular complexity index is 1100. The lowest BCUT2D eigenvalue weighted by molar-refractivity contribution is -0.124. The Kier molecular flexibility index (Phi) is 5.07. The van der Waals surface area contributed by atoms with Crippen LogP contribution >= 0.6 is 23.2 Å². The van der Waals surface area contributed by atoms with Crippen LogP contribution in [0.5, 0.6) is 0 Å². The van der Waals surface area contributed by atoms with E-state index in [9.17, 15) is 18.0 Å². The van der Waals surface area contributed by atoms with E-state index in [1.807, 2.05) is 0 Å². The van der Waals surface area contributed by atoms with E-state index in [4.69, 9.17) is 28.9 Å². The fourth-order valence-electron chi connectivity index (χ4n) is 3.12. The minimum absolute atomic E-state index is 0.0931. The molecule has 28 heavy (non-hydrogen) atoms. The number of nitrogens with two attached hydrogens (primary N) is 1. The number of amides is 2. The molecule has 2 aromatic carbocycles. The summed E-state index contributed by atoms with van der Waals surface area (Å²) in [7, 11) is -4.03. The van der Waals surface area contributed by atoms with Crippen LogP contribution in [0.4, 0.5) is 11.4 Å². The number of nitrogens with one attached hydrogen (secondary N) is 1. The molecule has 2 aromatic rings. The highest BCUT2D eigenvalue weighted by atomic mass is 35.5. The zero-order chi connectivity index (χ0) is 20.9. The van der Waals surface area contributed by atoms with Gasteiger partial charge in [0.25, 0.3) is 10.0 Å². The quantitative estimate of drug-likeness (QED) is 0.742. The summed E-state index contributed by atoms with van der Waals surface area (Å²) in [6.45, 7) is 3.15. The van der Waals surface area contributed by atoms with Gasteiger partial charge in [0, 0.05) is 0 Å². The molecule has 7 nitrogen and oxygen atoms in total. The molecule has 1 aliphatic rings. The van der Waals surface area contributed by atoms with Crippen LogP contribution in [0.25, 0.3) is 0 Å². The molecule has 0 spiro atoms. The van der Waals surface area contributed by atoms with E-state index in [0.717, 1.165) is 0 Å². The minimum atomic E-state index is -4.03. The summed E-state index contributed by atoms with van der Waals surface area (Å²) in [4.78, 5) is 25.1. The lowest BCUT2D eigenvalue weighted by atomic mass is 9.86. The van der Waals surface area contributed by atoms with Gasteiger partial charge in [0.15, 0.2) is 0 Å². The third kappa shape index (κ3) is 3.43. The molecule has 3 rings (SSSR count). The van der Waals surface area contributed by atoms with Gasteiger partial charge in [-0.25, -0.2) is 8.42 Å². The normalized spacial score (nSPS) is 15.4. The molecule has 0 bridgehead atoms. The lowest BCUT2D eigenvalue weighted by Gasteiger charge is -2.18. The van der Waals surface area contributed by atoms with Gasteiger partial charge in [0.2, 0.25) is 11.8 Å². The molecule has 2 amide bonds.